The highest BCUT2D eigenvalue weighted by atomic mass is 15.1. The SMILES string of the molecule is CCCC(N)c1ccn(CCN(C)C)c1. The van der Waals surface area contributed by atoms with Crippen molar-refractivity contribution in [3.05, 3.63) is 24.0 Å². The van der Waals surface area contributed by atoms with Gasteiger partial charge in [0.2, 0.25) is 0 Å². The second kappa shape index (κ2) is 5.93. The summed E-state index contributed by atoms with van der Waals surface area (Å²) in [5.74, 6) is 0. The van der Waals surface area contributed by atoms with Crippen molar-refractivity contribution in [2.24, 2.45) is 5.73 Å². The van der Waals surface area contributed by atoms with E-state index in [1.165, 1.54) is 5.56 Å². The molecule has 0 aliphatic rings. The first-order valence-corrected chi connectivity index (χ1v) is 5.69. The molecule has 0 spiro atoms. The lowest BCUT2D eigenvalue weighted by Gasteiger charge is -2.10. The molecule has 1 aromatic heterocycles. The fourth-order valence-corrected chi connectivity index (χ4v) is 1.61. The largest absolute Gasteiger partial charge is 0.353 e. The highest BCUT2D eigenvalue weighted by molar-refractivity contribution is 5.14. The maximum atomic E-state index is 6.05. The van der Waals surface area contributed by atoms with Gasteiger partial charge in [0.25, 0.3) is 0 Å². The van der Waals surface area contributed by atoms with Crippen LogP contribution < -0.4 is 5.73 Å². The summed E-state index contributed by atoms with van der Waals surface area (Å²) in [5, 5.41) is 0. The molecule has 0 saturated carbocycles. The standard InChI is InChI=1S/C12H23N3/c1-4-5-12(13)11-6-7-15(10-11)9-8-14(2)3/h6-7,10,12H,4-5,8-9,13H2,1-3H3. The molecule has 1 aromatic rings. The molecule has 0 radical (unpaired) electrons. The summed E-state index contributed by atoms with van der Waals surface area (Å²) in [7, 11) is 4.18. The Morgan fingerprint density at radius 2 is 2.20 bits per heavy atom. The smallest absolute Gasteiger partial charge is 0.0347 e. The molecular weight excluding hydrogens is 186 g/mol. The van der Waals surface area contributed by atoms with Gasteiger partial charge >= 0.3 is 0 Å². The van der Waals surface area contributed by atoms with Gasteiger partial charge in [-0.05, 0) is 32.1 Å². The lowest BCUT2D eigenvalue weighted by atomic mass is 10.1. The van der Waals surface area contributed by atoms with Crippen LogP contribution in [0, 0.1) is 0 Å². The zero-order chi connectivity index (χ0) is 11.3. The number of nitrogens with zero attached hydrogens (tertiary/aromatic N) is 2. The Balaban J connectivity index is 2.48. The average Bonchev–Trinajstić information content (AvgIpc) is 2.63. The number of hydrogen-bond donors (Lipinski definition) is 1. The molecule has 1 unspecified atom stereocenters. The summed E-state index contributed by atoms with van der Waals surface area (Å²) in [4.78, 5) is 2.19. The first-order valence-electron chi connectivity index (χ1n) is 5.69. The summed E-state index contributed by atoms with van der Waals surface area (Å²) in [6, 6.07) is 2.34. The Morgan fingerprint density at radius 1 is 1.47 bits per heavy atom. The van der Waals surface area contributed by atoms with Gasteiger partial charge in [-0.15, -0.1) is 0 Å². The van der Waals surface area contributed by atoms with Crippen LogP contribution in [0.25, 0.3) is 0 Å². The predicted octanol–water partition coefficient (Wildman–Crippen LogP) is 1.85. The maximum absolute atomic E-state index is 6.05. The van der Waals surface area contributed by atoms with Gasteiger partial charge in [-0.3, -0.25) is 0 Å². The van der Waals surface area contributed by atoms with Crippen molar-refractivity contribution < 1.29 is 0 Å². The molecule has 86 valence electrons. The Kier molecular flexibility index (Phi) is 4.85. The van der Waals surface area contributed by atoms with E-state index >= 15 is 0 Å². The Labute approximate surface area is 92.9 Å². The number of hydrogen-bond acceptors (Lipinski definition) is 2. The summed E-state index contributed by atoms with van der Waals surface area (Å²) >= 11 is 0. The number of likely N-dealkylation sites (N-methyl/N-ethyl adjacent to an activating group) is 1. The molecule has 0 aliphatic carbocycles. The zero-order valence-corrected chi connectivity index (χ0v) is 10.1. The van der Waals surface area contributed by atoms with Crippen molar-refractivity contribution in [1.29, 1.82) is 0 Å². The lowest BCUT2D eigenvalue weighted by molar-refractivity contribution is 0.384. The van der Waals surface area contributed by atoms with Gasteiger partial charge in [0.1, 0.15) is 0 Å². The topological polar surface area (TPSA) is 34.2 Å². The molecule has 3 nitrogen and oxygen atoms in total. The van der Waals surface area contributed by atoms with Crippen LogP contribution in [0.15, 0.2) is 18.5 Å². The molecule has 1 rings (SSSR count). The summed E-state index contributed by atoms with van der Waals surface area (Å²) in [5.41, 5.74) is 7.31. The van der Waals surface area contributed by atoms with Crippen LogP contribution >= 0.6 is 0 Å². The second-order valence-electron chi connectivity index (χ2n) is 4.38. The molecular formula is C12H23N3. The number of rotatable bonds is 6. The van der Waals surface area contributed by atoms with Crippen LogP contribution in [0.4, 0.5) is 0 Å². The molecule has 1 atom stereocenters. The fraction of sp³-hybridized carbons (Fsp3) is 0.667. The van der Waals surface area contributed by atoms with E-state index in [4.69, 9.17) is 5.73 Å². The minimum absolute atomic E-state index is 0.204. The first kappa shape index (κ1) is 12.3. The molecule has 0 saturated heterocycles. The van der Waals surface area contributed by atoms with Crippen LogP contribution in [-0.4, -0.2) is 30.1 Å². The zero-order valence-electron chi connectivity index (χ0n) is 10.1. The van der Waals surface area contributed by atoms with E-state index in [2.05, 4.69) is 48.9 Å². The van der Waals surface area contributed by atoms with E-state index in [0.29, 0.717) is 0 Å². The van der Waals surface area contributed by atoms with Crippen molar-refractivity contribution in [2.45, 2.75) is 32.4 Å². The van der Waals surface area contributed by atoms with Crippen LogP contribution in [-0.2, 0) is 6.54 Å². The molecule has 0 fully saturated rings. The minimum Gasteiger partial charge on any atom is -0.353 e. The molecule has 0 amide bonds. The molecule has 2 N–H and O–H groups in total. The van der Waals surface area contributed by atoms with Crippen LogP contribution in [0.2, 0.25) is 0 Å². The lowest BCUT2D eigenvalue weighted by Crippen LogP contribution is -2.17. The van der Waals surface area contributed by atoms with Crippen LogP contribution in [0.1, 0.15) is 31.4 Å². The van der Waals surface area contributed by atoms with Gasteiger partial charge in [-0.25, -0.2) is 0 Å². The van der Waals surface area contributed by atoms with Crippen molar-refractivity contribution in [3.63, 3.8) is 0 Å². The maximum Gasteiger partial charge on any atom is 0.0347 e. The summed E-state index contributed by atoms with van der Waals surface area (Å²) < 4.78 is 2.21. The normalized spacial score (nSPS) is 13.4. The van der Waals surface area contributed by atoms with Crippen LogP contribution in [0.5, 0.6) is 0 Å². The molecule has 15 heavy (non-hydrogen) atoms. The summed E-state index contributed by atoms with van der Waals surface area (Å²) in [6.45, 7) is 4.27. The van der Waals surface area contributed by atoms with E-state index in [-0.39, 0.29) is 6.04 Å². The Morgan fingerprint density at radius 3 is 2.80 bits per heavy atom. The molecule has 1 heterocycles. The number of nitrogens with two attached hydrogens (primary N) is 1. The summed E-state index contributed by atoms with van der Waals surface area (Å²) in [6.07, 6.45) is 6.50. The average molecular weight is 209 g/mol. The van der Waals surface area contributed by atoms with Gasteiger partial charge in [0.15, 0.2) is 0 Å². The highest BCUT2D eigenvalue weighted by Gasteiger charge is 2.06. The molecule has 0 aliphatic heterocycles. The van der Waals surface area contributed by atoms with Crippen molar-refractivity contribution in [3.8, 4) is 0 Å². The van der Waals surface area contributed by atoms with Gasteiger partial charge in [-0.1, -0.05) is 13.3 Å². The molecule has 0 aromatic carbocycles. The highest BCUT2D eigenvalue weighted by Crippen LogP contribution is 2.15. The number of aromatic nitrogens is 1. The van der Waals surface area contributed by atoms with Crippen molar-refractivity contribution >= 4 is 0 Å². The Bertz CT molecular complexity index is 278. The van der Waals surface area contributed by atoms with Gasteiger partial charge < -0.3 is 15.2 Å². The third kappa shape index (κ3) is 4.06. The van der Waals surface area contributed by atoms with Gasteiger partial charge in [0, 0.05) is 31.5 Å². The quantitative estimate of drug-likeness (QED) is 0.776. The van der Waals surface area contributed by atoms with Gasteiger partial charge in [0.05, 0.1) is 0 Å². The van der Waals surface area contributed by atoms with E-state index in [9.17, 15) is 0 Å². The van der Waals surface area contributed by atoms with Crippen molar-refractivity contribution in [2.75, 3.05) is 20.6 Å². The third-order valence-electron chi connectivity index (χ3n) is 2.61. The van der Waals surface area contributed by atoms with E-state index in [1.807, 2.05) is 0 Å². The fourth-order valence-electron chi connectivity index (χ4n) is 1.61. The van der Waals surface area contributed by atoms with Gasteiger partial charge in [-0.2, -0.15) is 0 Å². The second-order valence-corrected chi connectivity index (χ2v) is 4.38. The minimum atomic E-state index is 0.204. The van der Waals surface area contributed by atoms with E-state index < -0.39 is 0 Å². The van der Waals surface area contributed by atoms with E-state index in [1.54, 1.807) is 0 Å². The van der Waals surface area contributed by atoms with Crippen LogP contribution in [0.3, 0.4) is 0 Å². The Hall–Kier alpha value is -0.800. The van der Waals surface area contributed by atoms with Crippen molar-refractivity contribution in [1.82, 2.24) is 9.47 Å². The third-order valence-corrected chi connectivity index (χ3v) is 2.61. The monoisotopic (exact) mass is 209 g/mol. The molecule has 3 heteroatoms. The first-order chi connectivity index (χ1) is 7.13. The molecule has 0 bridgehead atoms. The van der Waals surface area contributed by atoms with E-state index in [0.717, 1.165) is 25.9 Å². The predicted molar refractivity (Wildman–Crippen MR) is 64.8 cm³/mol.